The Hall–Kier alpha value is -1.12. The second-order valence-electron chi connectivity index (χ2n) is 7.99. The zero-order valence-electron chi connectivity index (χ0n) is 18.0. The van der Waals surface area contributed by atoms with Crippen LogP contribution in [-0.4, -0.2) is 16.9 Å². The Bertz CT molecular complexity index is 387. The van der Waals surface area contributed by atoms with Crippen LogP contribution in [0, 0.1) is 5.92 Å². The van der Waals surface area contributed by atoms with Crippen molar-refractivity contribution in [2.45, 2.75) is 123 Å². The number of carbonyl (C=O) groups is 2. The lowest BCUT2D eigenvalue weighted by Crippen LogP contribution is -2.15. The van der Waals surface area contributed by atoms with Crippen LogP contribution < -0.4 is 0 Å². The molecule has 3 nitrogen and oxygen atoms in total. The van der Waals surface area contributed by atoms with Gasteiger partial charge in [-0.2, -0.15) is 0 Å². The molecule has 27 heavy (non-hydrogen) atoms. The van der Waals surface area contributed by atoms with Crippen LogP contribution in [0.5, 0.6) is 0 Å². The Kier molecular flexibility index (Phi) is 18.8. The summed E-state index contributed by atoms with van der Waals surface area (Å²) in [5.74, 6) is -1.14. The smallest absolute Gasteiger partial charge is 0.304 e. The maximum atomic E-state index is 11.4. The second-order valence-corrected chi connectivity index (χ2v) is 7.99. The topological polar surface area (TPSA) is 54.4 Å². The molecule has 0 bridgehead atoms. The van der Waals surface area contributed by atoms with Gasteiger partial charge >= 0.3 is 5.97 Å². The summed E-state index contributed by atoms with van der Waals surface area (Å²) in [7, 11) is 0. The first kappa shape index (κ1) is 25.9. The number of hydrogen-bond acceptors (Lipinski definition) is 2. The van der Waals surface area contributed by atoms with Gasteiger partial charge in [0.2, 0.25) is 0 Å². The van der Waals surface area contributed by atoms with E-state index in [4.69, 9.17) is 5.11 Å². The molecular weight excluding hydrogens is 336 g/mol. The summed E-state index contributed by atoms with van der Waals surface area (Å²) >= 11 is 0. The lowest BCUT2D eigenvalue weighted by atomic mass is 9.94. The van der Waals surface area contributed by atoms with E-state index < -0.39 is 5.97 Å². The third kappa shape index (κ3) is 19.4. The van der Waals surface area contributed by atoms with E-state index in [-0.39, 0.29) is 18.1 Å². The molecule has 0 rings (SSSR count). The average Bonchev–Trinajstić information content (AvgIpc) is 2.62. The van der Waals surface area contributed by atoms with Crippen molar-refractivity contribution < 1.29 is 14.7 Å². The average molecular weight is 381 g/mol. The maximum absolute atomic E-state index is 11.4. The summed E-state index contributed by atoms with van der Waals surface area (Å²) in [6.07, 6.45) is 24.6. The third-order valence-corrected chi connectivity index (χ3v) is 5.31. The highest BCUT2D eigenvalue weighted by molar-refractivity contribution is 5.82. The Balaban J connectivity index is 3.34. The minimum Gasteiger partial charge on any atom is -0.481 e. The molecule has 0 aliphatic heterocycles. The standard InChI is InChI=1S/C24H44O3/c1-3-4-5-6-7-8-9-10-11-12-13-14-15-16-17-18-19-20-23(22(2)25)21-24(26)27/h10-11,23H,3-9,12-21H2,1-2H3,(H,26,27)/b11-10-. The summed E-state index contributed by atoms with van der Waals surface area (Å²) in [5, 5.41) is 8.82. The number of aliphatic carboxylic acids is 1. The molecule has 0 aromatic heterocycles. The van der Waals surface area contributed by atoms with Crippen LogP contribution in [0.3, 0.4) is 0 Å². The molecule has 0 aliphatic carbocycles. The molecular formula is C24H44O3. The van der Waals surface area contributed by atoms with E-state index in [0.717, 1.165) is 19.3 Å². The van der Waals surface area contributed by atoms with Crippen LogP contribution in [0.25, 0.3) is 0 Å². The van der Waals surface area contributed by atoms with Crippen LogP contribution in [0.4, 0.5) is 0 Å². The van der Waals surface area contributed by atoms with Crippen molar-refractivity contribution in [1.29, 1.82) is 0 Å². The van der Waals surface area contributed by atoms with E-state index in [1.807, 2.05) is 0 Å². The van der Waals surface area contributed by atoms with Crippen molar-refractivity contribution >= 4 is 11.8 Å². The van der Waals surface area contributed by atoms with E-state index in [1.54, 1.807) is 0 Å². The minimum atomic E-state index is -0.865. The Morgan fingerprint density at radius 3 is 1.63 bits per heavy atom. The van der Waals surface area contributed by atoms with Gasteiger partial charge in [0.25, 0.3) is 0 Å². The van der Waals surface area contributed by atoms with Gasteiger partial charge in [-0.3, -0.25) is 9.59 Å². The number of Topliss-reactive ketones (excluding diaryl/α,β-unsaturated/α-hetero) is 1. The van der Waals surface area contributed by atoms with Gasteiger partial charge < -0.3 is 5.11 Å². The number of unbranched alkanes of at least 4 members (excludes halogenated alkanes) is 13. The van der Waals surface area contributed by atoms with Crippen molar-refractivity contribution in [3.05, 3.63) is 12.2 Å². The molecule has 3 heteroatoms. The molecule has 0 aliphatic rings. The summed E-state index contributed by atoms with van der Waals surface area (Å²) in [5.41, 5.74) is 0. The van der Waals surface area contributed by atoms with Gasteiger partial charge in [-0.15, -0.1) is 0 Å². The van der Waals surface area contributed by atoms with Gasteiger partial charge in [0, 0.05) is 5.92 Å². The highest BCUT2D eigenvalue weighted by Crippen LogP contribution is 2.17. The quantitative estimate of drug-likeness (QED) is 0.176. The van der Waals surface area contributed by atoms with Gasteiger partial charge in [-0.05, 0) is 39.0 Å². The molecule has 0 radical (unpaired) electrons. The van der Waals surface area contributed by atoms with E-state index in [1.165, 1.54) is 90.4 Å². The highest BCUT2D eigenvalue weighted by Gasteiger charge is 2.17. The molecule has 0 fully saturated rings. The first-order valence-corrected chi connectivity index (χ1v) is 11.4. The molecule has 0 aromatic carbocycles. The van der Waals surface area contributed by atoms with Crippen molar-refractivity contribution in [1.82, 2.24) is 0 Å². The monoisotopic (exact) mass is 380 g/mol. The molecule has 0 aromatic rings. The van der Waals surface area contributed by atoms with Crippen LogP contribution in [0.2, 0.25) is 0 Å². The molecule has 1 N–H and O–H groups in total. The predicted molar refractivity (Wildman–Crippen MR) is 115 cm³/mol. The van der Waals surface area contributed by atoms with Gasteiger partial charge in [0.15, 0.2) is 0 Å². The fourth-order valence-electron chi connectivity index (χ4n) is 3.47. The Morgan fingerprint density at radius 2 is 1.19 bits per heavy atom. The first-order chi connectivity index (χ1) is 13.1. The van der Waals surface area contributed by atoms with Gasteiger partial charge in [-0.25, -0.2) is 0 Å². The van der Waals surface area contributed by atoms with Gasteiger partial charge in [0.05, 0.1) is 6.42 Å². The number of carboxylic acids is 1. The molecule has 0 spiro atoms. The third-order valence-electron chi connectivity index (χ3n) is 5.31. The normalized spacial score (nSPS) is 12.5. The fraction of sp³-hybridized carbons (Fsp3) is 0.833. The zero-order chi connectivity index (χ0) is 20.2. The van der Waals surface area contributed by atoms with E-state index >= 15 is 0 Å². The molecule has 1 atom stereocenters. The van der Waals surface area contributed by atoms with Crippen LogP contribution in [0.15, 0.2) is 12.2 Å². The van der Waals surface area contributed by atoms with E-state index in [2.05, 4.69) is 19.1 Å². The Labute approximate surface area is 168 Å². The molecule has 0 saturated carbocycles. The minimum absolute atomic E-state index is 0.0122. The number of rotatable bonds is 20. The molecule has 158 valence electrons. The second kappa shape index (κ2) is 19.6. The van der Waals surface area contributed by atoms with Crippen LogP contribution in [-0.2, 0) is 9.59 Å². The number of hydrogen-bond donors (Lipinski definition) is 1. The van der Waals surface area contributed by atoms with Crippen molar-refractivity contribution in [3.63, 3.8) is 0 Å². The highest BCUT2D eigenvalue weighted by atomic mass is 16.4. The SMILES string of the molecule is CCCCCCCC/C=C\CCCCCCCCCC(CC(=O)O)C(C)=O. The fourth-order valence-corrected chi connectivity index (χ4v) is 3.47. The van der Waals surface area contributed by atoms with Crippen LogP contribution in [0.1, 0.15) is 123 Å². The number of carbonyl (C=O) groups excluding carboxylic acids is 1. The van der Waals surface area contributed by atoms with Crippen molar-refractivity contribution in [2.24, 2.45) is 5.92 Å². The number of allylic oxidation sites excluding steroid dienone is 2. The molecule has 1 unspecified atom stereocenters. The lowest BCUT2D eigenvalue weighted by Gasteiger charge is -2.10. The summed E-state index contributed by atoms with van der Waals surface area (Å²) in [6, 6.07) is 0. The number of carboxylic acid groups (broad SMARTS) is 1. The van der Waals surface area contributed by atoms with E-state index in [0.29, 0.717) is 0 Å². The first-order valence-electron chi connectivity index (χ1n) is 11.4. The predicted octanol–water partition coefficient (Wildman–Crippen LogP) is 7.48. The number of ketones is 1. The summed E-state index contributed by atoms with van der Waals surface area (Å²) in [6.45, 7) is 3.77. The maximum Gasteiger partial charge on any atom is 0.304 e. The van der Waals surface area contributed by atoms with Gasteiger partial charge in [0.1, 0.15) is 5.78 Å². The molecule has 0 amide bonds. The van der Waals surface area contributed by atoms with Crippen molar-refractivity contribution in [3.8, 4) is 0 Å². The van der Waals surface area contributed by atoms with Crippen molar-refractivity contribution in [2.75, 3.05) is 0 Å². The largest absolute Gasteiger partial charge is 0.481 e. The zero-order valence-corrected chi connectivity index (χ0v) is 18.0. The summed E-state index contributed by atoms with van der Waals surface area (Å²) in [4.78, 5) is 22.2. The van der Waals surface area contributed by atoms with E-state index in [9.17, 15) is 9.59 Å². The lowest BCUT2D eigenvalue weighted by molar-refractivity contribution is -0.140. The Morgan fingerprint density at radius 1 is 0.741 bits per heavy atom. The van der Waals surface area contributed by atoms with Crippen LogP contribution >= 0.6 is 0 Å². The molecule has 0 saturated heterocycles. The summed E-state index contributed by atoms with van der Waals surface area (Å²) < 4.78 is 0. The molecule has 0 heterocycles. The van der Waals surface area contributed by atoms with Gasteiger partial charge in [-0.1, -0.05) is 89.7 Å².